The predicted molar refractivity (Wildman–Crippen MR) is 77.2 cm³/mol. The monoisotopic (exact) mass is 275 g/mol. The second-order valence-electron chi connectivity index (χ2n) is 5.58. The Morgan fingerprint density at radius 1 is 1.25 bits per heavy atom. The second-order valence-corrected chi connectivity index (χ2v) is 5.58. The minimum Gasteiger partial charge on any atom is -0.329 e. The van der Waals surface area contributed by atoms with Crippen LogP contribution in [0.5, 0.6) is 0 Å². The first-order chi connectivity index (χ1) is 9.40. The van der Waals surface area contributed by atoms with Crippen molar-refractivity contribution in [3.05, 3.63) is 35.4 Å². The van der Waals surface area contributed by atoms with Crippen LogP contribution in [0.2, 0.25) is 0 Å². The van der Waals surface area contributed by atoms with Gasteiger partial charge in [0.1, 0.15) is 5.54 Å². The molecule has 108 valence electrons. The molecule has 0 radical (unpaired) electrons. The lowest BCUT2D eigenvalue weighted by Gasteiger charge is -2.22. The van der Waals surface area contributed by atoms with Crippen molar-refractivity contribution >= 4 is 11.9 Å². The van der Waals surface area contributed by atoms with Crippen LogP contribution in [-0.4, -0.2) is 29.9 Å². The number of urea groups is 1. The Balaban J connectivity index is 2.31. The molecule has 0 aliphatic carbocycles. The van der Waals surface area contributed by atoms with Crippen LogP contribution in [0.3, 0.4) is 0 Å². The first kappa shape index (κ1) is 14.5. The van der Waals surface area contributed by atoms with Gasteiger partial charge in [0, 0.05) is 13.1 Å². The van der Waals surface area contributed by atoms with Crippen LogP contribution in [0.25, 0.3) is 0 Å². The molecule has 1 unspecified atom stereocenters. The van der Waals surface area contributed by atoms with Gasteiger partial charge < -0.3 is 11.1 Å². The summed E-state index contributed by atoms with van der Waals surface area (Å²) in [6.45, 7) is 6.46. The van der Waals surface area contributed by atoms with Gasteiger partial charge in [0.25, 0.3) is 5.91 Å². The van der Waals surface area contributed by atoms with E-state index in [1.807, 2.05) is 24.3 Å². The second kappa shape index (κ2) is 5.25. The van der Waals surface area contributed by atoms with Gasteiger partial charge in [-0.25, -0.2) is 4.79 Å². The van der Waals surface area contributed by atoms with Crippen molar-refractivity contribution in [3.8, 4) is 0 Å². The number of carbonyl (C=O) groups excluding carboxylic acids is 2. The molecule has 0 spiro atoms. The summed E-state index contributed by atoms with van der Waals surface area (Å²) < 4.78 is 0. The van der Waals surface area contributed by atoms with Crippen molar-refractivity contribution in [2.45, 2.75) is 32.2 Å². The maximum atomic E-state index is 12.4. The average molecular weight is 275 g/mol. The molecule has 0 saturated carbocycles. The summed E-state index contributed by atoms with van der Waals surface area (Å²) in [4.78, 5) is 25.5. The quantitative estimate of drug-likeness (QED) is 0.818. The molecule has 3 N–H and O–H groups in total. The highest BCUT2D eigenvalue weighted by Gasteiger charge is 2.48. The van der Waals surface area contributed by atoms with Gasteiger partial charge in [-0.15, -0.1) is 0 Å². The maximum Gasteiger partial charge on any atom is 0.325 e. The van der Waals surface area contributed by atoms with E-state index in [-0.39, 0.29) is 25.0 Å². The Kier molecular flexibility index (Phi) is 3.81. The van der Waals surface area contributed by atoms with E-state index >= 15 is 0 Å². The molecule has 5 heteroatoms. The third-order valence-electron chi connectivity index (χ3n) is 3.78. The minimum absolute atomic E-state index is 0.240. The lowest BCUT2D eigenvalue weighted by Crippen LogP contribution is -2.41. The number of nitrogens with one attached hydrogen (secondary N) is 1. The van der Waals surface area contributed by atoms with Crippen LogP contribution in [0, 0.1) is 0 Å². The molecule has 1 saturated heterocycles. The molecule has 1 atom stereocenters. The molecule has 3 amide bonds. The zero-order valence-corrected chi connectivity index (χ0v) is 12.1. The molecule has 20 heavy (non-hydrogen) atoms. The van der Waals surface area contributed by atoms with Crippen molar-refractivity contribution in [1.29, 1.82) is 0 Å². The van der Waals surface area contributed by atoms with Gasteiger partial charge in [0.2, 0.25) is 0 Å². The van der Waals surface area contributed by atoms with Crippen LogP contribution in [0.4, 0.5) is 4.79 Å². The number of hydrogen-bond donors (Lipinski definition) is 2. The summed E-state index contributed by atoms with van der Waals surface area (Å²) in [5.74, 6) is 0.185. The minimum atomic E-state index is -0.998. The number of nitrogens with two attached hydrogens (primary N) is 1. The topological polar surface area (TPSA) is 75.4 Å². The van der Waals surface area contributed by atoms with Gasteiger partial charge >= 0.3 is 6.03 Å². The standard InChI is InChI=1S/C15H21N3O2/c1-10(2)11-4-6-12(7-5-11)15(3)13(19)18(9-8-16)14(20)17-15/h4-7,10H,8-9,16H2,1-3H3,(H,17,20). The fourth-order valence-electron chi connectivity index (χ4n) is 2.43. The number of benzene rings is 1. The zero-order valence-electron chi connectivity index (χ0n) is 12.1. The average Bonchev–Trinajstić information content (AvgIpc) is 2.64. The van der Waals surface area contributed by atoms with E-state index in [0.29, 0.717) is 5.92 Å². The first-order valence-electron chi connectivity index (χ1n) is 6.84. The van der Waals surface area contributed by atoms with E-state index in [4.69, 9.17) is 5.73 Å². The summed E-state index contributed by atoms with van der Waals surface area (Å²) in [7, 11) is 0. The Morgan fingerprint density at radius 2 is 1.85 bits per heavy atom. The molecule has 1 heterocycles. The van der Waals surface area contributed by atoms with Crippen molar-refractivity contribution in [2.75, 3.05) is 13.1 Å². The molecule has 1 aliphatic rings. The summed E-state index contributed by atoms with van der Waals surface area (Å²) in [6.07, 6.45) is 0. The summed E-state index contributed by atoms with van der Waals surface area (Å²) in [6, 6.07) is 7.42. The molecule has 0 aromatic heterocycles. The van der Waals surface area contributed by atoms with Crippen molar-refractivity contribution in [2.24, 2.45) is 5.73 Å². The first-order valence-corrected chi connectivity index (χ1v) is 6.84. The molecular weight excluding hydrogens is 254 g/mol. The zero-order chi connectivity index (χ0) is 14.9. The number of amides is 3. The van der Waals surface area contributed by atoms with Crippen LogP contribution in [0.1, 0.15) is 37.8 Å². The van der Waals surface area contributed by atoms with E-state index in [9.17, 15) is 9.59 Å². The van der Waals surface area contributed by atoms with Gasteiger partial charge in [-0.2, -0.15) is 0 Å². The van der Waals surface area contributed by atoms with E-state index in [0.717, 1.165) is 5.56 Å². The van der Waals surface area contributed by atoms with Gasteiger partial charge in [0.15, 0.2) is 0 Å². The third-order valence-corrected chi connectivity index (χ3v) is 3.78. The smallest absolute Gasteiger partial charge is 0.325 e. The highest BCUT2D eigenvalue weighted by Crippen LogP contribution is 2.29. The molecule has 0 bridgehead atoms. The predicted octanol–water partition coefficient (Wildman–Crippen LogP) is 1.54. The normalized spacial score (nSPS) is 22.6. The third kappa shape index (κ3) is 2.29. The summed E-state index contributed by atoms with van der Waals surface area (Å²) in [5.41, 5.74) is 6.43. The van der Waals surface area contributed by atoms with Crippen molar-refractivity contribution < 1.29 is 9.59 Å². The molecule has 2 rings (SSSR count). The molecular formula is C15H21N3O2. The lowest BCUT2D eigenvalue weighted by atomic mass is 9.90. The highest BCUT2D eigenvalue weighted by atomic mass is 16.2. The fourth-order valence-corrected chi connectivity index (χ4v) is 2.43. The van der Waals surface area contributed by atoms with Gasteiger partial charge in [-0.3, -0.25) is 9.69 Å². The van der Waals surface area contributed by atoms with Crippen LogP contribution in [-0.2, 0) is 10.3 Å². The van der Waals surface area contributed by atoms with Crippen molar-refractivity contribution in [1.82, 2.24) is 10.2 Å². The van der Waals surface area contributed by atoms with Crippen LogP contribution in [0.15, 0.2) is 24.3 Å². The number of carbonyl (C=O) groups is 2. The van der Waals surface area contributed by atoms with Gasteiger partial charge in [-0.05, 0) is 24.0 Å². The van der Waals surface area contributed by atoms with Gasteiger partial charge in [-0.1, -0.05) is 38.1 Å². The Labute approximate surface area is 119 Å². The van der Waals surface area contributed by atoms with Crippen molar-refractivity contribution in [3.63, 3.8) is 0 Å². The molecule has 1 aromatic rings. The molecule has 1 fully saturated rings. The lowest BCUT2D eigenvalue weighted by molar-refractivity contribution is -0.131. The van der Waals surface area contributed by atoms with E-state index in [1.165, 1.54) is 10.5 Å². The molecule has 1 aromatic carbocycles. The van der Waals surface area contributed by atoms with E-state index in [2.05, 4.69) is 19.2 Å². The maximum absolute atomic E-state index is 12.4. The fraction of sp³-hybridized carbons (Fsp3) is 0.467. The summed E-state index contributed by atoms with van der Waals surface area (Å²) >= 11 is 0. The number of rotatable bonds is 4. The SMILES string of the molecule is CC(C)c1ccc(C2(C)NC(=O)N(CCN)C2=O)cc1. The van der Waals surface area contributed by atoms with E-state index < -0.39 is 5.54 Å². The largest absolute Gasteiger partial charge is 0.329 e. The van der Waals surface area contributed by atoms with Crippen LogP contribution < -0.4 is 11.1 Å². The molecule has 1 aliphatic heterocycles. The summed E-state index contributed by atoms with van der Waals surface area (Å²) in [5, 5.41) is 2.76. The van der Waals surface area contributed by atoms with E-state index in [1.54, 1.807) is 6.92 Å². The Hall–Kier alpha value is -1.88. The number of hydrogen-bond acceptors (Lipinski definition) is 3. The Bertz CT molecular complexity index is 524. The molecule has 5 nitrogen and oxygen atoms in total. The van der Waals surface area contributed by atoms with Crippen LogP contribution >= 0.6 is 0 Å². The highest BCUT2D eigenvalue weighted by molar-refractivity contribution is 6.07. The Morgan fingerprint density at radius 3 is 2.35 bits per heavy atom. The number of imide groups is 1. The number of nitrogens with zero attached hydrogens (tertiary/aromatic N) is 1. The van der Waals surface area contributed by atoms with Gasteiger partial charge in [0.05, 0.1) is 0 Å².